The van der Waals surface area contributed by atoms with Crippen LogP contribution in [0.4, 0.5) is 0 Å². The third-order valence-corrected chi connectivity index (χ3v) is 4.51. The van der Waals surface area contributed by atoms with Crippen LogP contribution in [0.3, 0.4) is 0 Å². The highest BCUT2D eigenvalue weighted by molar-refractivity contribution is 7.12. The zero-order valence-electron chi connectivity index (χ0n) is 14.6. The largest absolute Gasteiger partial charge is 0.494 e. The molecule has 1 aromatic carbocycles. The summed E-state index contributed by atoms with van der Waals surface area (Å²) < 4.78 is 5.64. The van der Waals surface area contributed by atoms with E-state index in [2.05, 4.69) is 10.6 Å². The minimum Gasteiger partial charge on any atom is -0.494 e. The van der Waals surface area contributed by atoms with E-state index < -0.39 is 6.04 Å². The molecular weight excluding hydrogens is 336 g/mol. The number of carbonyl (C=O) groups is 2. The topological polar surface area (TPSA) is 67.4 Å². The van der Waals surface area contributed by atoms with Crippen molar-refractivity contribution >= 4 is 23.2 Å². The Morgan fingerprint density at radius 2 is 1.92 bits per heavy atom. The number of thiophene rings is 1. The maximum Gasteiger partial charge on any atom is 0.261 e. The lowest BCUT2D eigenvalue weighted by Gasteiger charge is -2.13. The van der Waals surface area contributed by atoms with Crippen LogP contribution < -0.4 is 15.4 Å². The van der Waals surface area contributed by atoms with E-state index in [4.69, 9.17) is 4.74 Å². The van der Waals surface area contributed by atoms with Crippen LogP contribution in [0.2, 0.25) is 0 Å². The number of hydrogen-bond acceptors (Lipinski definition) is 4. The summed E-state index contributed by atoms with van der Waals surface area (Å²) in [6, 6.07) is 10.9. The number of rotatable bonds is 9. The van der Waals surface area contributed by atoms with Crippen LogP contribution >= 0.6 is 11.3 Å². The summed E-state index contributed by atoms with van der Waals surface area (Å²) in [6.45, 7) is 4.90. The van der Waals surface area contributed by atoms with Gasteiger partial charge in [-0.25, -0.2) is 0 Å². The van der Waals surface area contributed by atoms with Crippen molar-refractivity contribution in [2.24, 2.45) is 0 Å². The van der Waals surface area contributed by atoms with E-state index in [1.165, 1.54) is 16.9 Å². The number of benzene rings is 1. The molecule has 1 atom stereocenters. The Morgan fingerprint density at radius 1 is 1.16 bits per heavy atom. The van der Waals surface area contributed by atoms with E-state index in [1.54, 1.807) is 13.0 Å². The molecule has 0 aliphatic heterocycles. The molecule has 0 radical (unpaired) electrons. The van der Waals surface area contributed by atoms with Crippen molar-refractivity contribution in [1.29, 1.82) is 0 Å². The quantitative estimate of drug-likeness (QED) is 0.675. The van der Waals surface area contributed by atoms with E-state index >= 15 is 0 Å². The van der Waals surface area contributed by atoms with Gasteiger partial charge in [-0.15, -0.1) is 11.3 Å². The fourth-order valence-electron chi connectivity index (χ4n) is 2.16. The average Bonchev–Trinajstić information content (AvgIpc) is 3.14. The standard InChI is InChI=1S/C19H24N2O3S/c1-14-7-9-16(10-8-14)24-12-4-3-11-20-18(22)15(2)21-19(23)17-6-5-13-25-17/h5-10,13,15H,3-4,11-12H2,1-2H3,(H,20,22)(H,21,23). The third-order valence-electron chi connectivity index (χ3n) is 3.65. The lowest BCUT2D eigenvalue weighted by molar-refractivity contribution is -0.122. The third kappa shape index (κ3) is 6.58. The van der Waals surface area contributed by atoms with E-state index in [1.807, 2.05) is 42.6 Å². The van der Waals surface area contributed by atoms with Crippen LogP contribution in [0.15, 0.2) is 41.8 Å². The molecule has 6 heteroatoms. The zero-order valence-corrected chi connectivity index (χ0v) is 15.4. The molecule has 0 saturated heterocycles. The Balaban J connectivity index is 1.57. The van der Waals surface area contributed by atoms with Gasteiger partial charge in [-0.2, -0.15) is 0 Å². The number of carbonyl (C=O) groups excluding carboxylic acids is 2. The van der Waals surface area contributed by atoms with Crippen LogP contribution in [0, 0.1) is 6.92 Å². The molecule has 2 aromatic rings. The molecule has 5 nitrogen and oxygen atoms in total. The summed E-state index contributed by atoms with van der Waals surface area (Å²) in [5.41, 5.74) is 1.20. The first kappa shape index (κ1) is 19.0. The number of amides is 2. The summed E-state index contributed by atoms with van der Waals surface area (Å²) in [5, 5.41) is 7.36. The Morgan fingerprint density at radius 3 is 2.60 bits per heavy atom. The smallest absolute Gasteiger partial charge is 0.261 e. The molecule has 0 fully saturated rings. The molecule has 0 bridgehead atoms. The van der Waals surface area contributed by atoms with Gasteiger partial charge in [0.15, 0.2) is 0 Å². The van der Waals surface area contributed by atoms with Gasteiger partial charge in [0, 0.05) is 6.54 Å². The van der Waals surface area contributed by atoms with E-state index in [0.29, 0.717) is 18.0 Å². The van der Waals surface area contributed by atoms with Gasteiger partial charge in [0.1, 0.15) is 11.8 Å². The van der Waals surface area contributed by atoms with Gasteiger partial charge in [0.25, 0.3) is 5.91 Å². The molecule has 2 N–H and O–H groups in total. The predicted octanol–water partition coefficient (Wildman–Crippen LogP) is 3.15. The van der Waals surface area contributed by atoms with Gasteiger partial charge in [-0.05, 0) is 50.3 Å². The first-order valence-corrected chi connectivity index (χ1v) is 9.26. The average molecular weight is 360 g/mol. The molecule has 2 rings (SSSR count). The maximum atomic E-state index is 12.0. The predicted molar refractivity (Wildman–Crippen MR) is 100 cm³/mol. The minimum absolute atomic E-state index is 0.177. The van der Waals surface area contributed by atoms with Crippen LogP contribution in [0.1, 0.15) is 35.0 Å². The fourth-order valence-corrected chi connectivity index (χ4v) is 2.78. The van der Waals surface area contributed by atoms with Gasteiger partial charge in [0.05, 0.1) is 11.5 Å². The van der Waals surface area contributed by atoms with E-state index in [-0.39, 0.29) is 11.8 Å². The Kier molecular flexibility index (Phi) is 7.47. The summed E-state index contributed by atoms with van der Waals surface area (Å²) in [5.74, 6) is 0.466. The second kappa shape index (κ2) is 9.84. The van der Waals surface area contributed by atoms with Gasteiger partial charge in [-0.3, -0.25) is 9.59 Å². The Bertz CT molecular complexity index is 668. The first-order valence-electron chi connectivity index (χ1n) is 8.38. The van der Waals surface area contributed by atoms with Crippen LogP contribution in [0.25, 0.3) is 0 Å². The monoisotopic (exact) mass is 360 g/mol. The van der Waals surface area contributed by atoms with Crippen molar-refractivity contribution in [2.75, 3.05) is 13.2 Å². The first-order chi connectivity index (χ1) is 12.1. The molecule has 0 aliphatic rings. The van der Waals surface area contributed by atoms with Crippen LogP contribution in [-0.4, -0.2) is 31.0 Å². The minimum atomic E-state index is -0.557. The molecule has 1 aromatic heterocycles. The van der Waals surface area contributed by atoms with Gasteiger partial charge in [0.2, 0.25) is 5.91 Å². The molecule has 0 aliphatic carbocycles. The van der Waals surface area contributed by atoms with Gasteiger partial charge in [-0.1, -0.05) is 23.8 Å². The van der Waals surface area contributed by atoms with Crippen LogP contribution in [-0.2, 0) is 4.79 Å². The molecule has 25 heavy (non-hydrogen) atoms. The highest BCUT2D eigenvalue weighted by Gasteiger charge is 2.16. The number of aryl methyl sites for hydroxylation is 1. The van der Waals surface area contributed by atoms with E-state index in [9.17, 15) is 9.59 Å². The molecule has 1 unspecified atom stereocenters. The highest BCUT2D eigenvalue weighted by atomic mass is 32.1. The maximum absolute atomic E-state index is 12.0. The normalized spacial score (nSPS) is 11.6. The summed E-state index contributed by atoms with van der Waals surface area (Å²) >= 11 is 1.35. The molecular formula is C19H24N2O3S. The molecule has 0 saturated carbocycles. The summed E-state index contributed by atoms with van der Waals surface area (Å²) in [4.78, 5) is 24.5. The molecule has 134 valence electrons. The number of nitrogens with one attached hydrogen (secondary N) is 2. The van der Waals surface area contributed by atoms with Crippen molar-refractivity contribution in [2.45, 2.75) is 32.7 Å². The lowest BCUT2D eigenvalue weighted by Crippen LogP contribution is -2.44. The highest BCUT2D eigenvalue weighted by Crippen LogP contribution is 2.11. The number of hydrogen-bond donors (Lipinski definition) is 2. The fraction of sp³-hybridized carbons (Fsp3) is 0.368. The lowest BCUT2D eigenvalue weighted by atomic mass is 10.2. The molecule has 1 heterocycles. The van der Waals surface area contributed by atoms with Crippen molar-refractivity contribution in [1.82, 2.24) is 10.6 Å². The second-order valence-electron chi connectivity index (χ2n) is 5.83. The second-order valence-corrected chi connectivity index (χ2v) is 6.78. The number of unbranched alkanes of at least 4 members (excludes halogenated alkanes) is 1. The SMILES string of the molecule is Cc1ccc(OCCCCNC(=O)C(C)NC(=O)c2cccs2)cc1. The Hall–Kier alpha value is -2.34. The molecule has 2 amide bonds. The molecule has 0 spiro atoms. The van der Waals surface area contributed by atoms with Crippen molar-refractivity contribution in [3.05, 3.63) is 52.2 Å². The zero-order chi connectivity index (χ0) is 18.1. The summed E-state index contributed by atoms with van der Waals surface area (Å²) in [7, 11) is 0. The number of ether oxygens (including phenoxy) is 1. The van der Waals surface area contributed by atoms with Gasteiger partial charge >= 0.3 is 0 Å². The van der Waals surface area contributed by atoms with Crippen molar-refractivity contribution in [3.63, 3.8) is 0 Å². The van der Waals surface area contributed by atoms with E-state index in [0.717, 1.165) is 18.6 Å². The van der Waals surface area contributed by atoms with Crippen LogP contribution in [0.5, 0.6) is 5.75 Å². The summed E-state index contributed by atoms with van der Waals surface area (Å²) in [6.07, 6.45) is 1.67. The van der Waals surface area contributed by atoms with Gasteiger partial charge < -0.3 is 15.4 Å². The van der Waals surface area contributed by atoms with Crippen molar-refractivity contribution in [3.8, 4) is 5.75 Å². The van der Waals surface area contributed by atoms with Crippen molar-refractivity contribution < 1.29 is 14.3 Å². The Labute approximate surface area is 152 Å².